The van der Waals surface area contributed by atoms with E-state index in [1.807, 2.05) is 25.3 Å². The molecule has 0 radical (unpaired) electrons. The summed E-state index contributed by atoms with van der Waals surface area (Å²) < 4.78 is 0. The standard InChI is InChI=1S/C24H31N3O3/c1-23(2)11-19-21(20(29)12-23)24(3,13-26-19)14-4-9-17(22(25)30)18(10-14)27-15-5-7-16(28)8-6-15/h4,9-10,13,15-16,27-28H,5-8,11-12H2,1-3H3,(H2,25,30). The molecule has 0 bridgehead atoms. The van der Waals surface area contributed by atoms with Gasteiger partial charge in [-0.05, 0) is 62.1 Å². The molecule has 1 aromatic rings. The van der Waals surface area contributed by atoms with Crippen LogP contribution in [0.2, 0.25) is 0 Å². The Hall–Kier alpha value is -2.47. The van der Waals surface area contributed by atoms with Crippen LogP contribution in [-0.4, -0.2) is 35.2 Å². The van der Waals surface area contributed by atoms with Crippen LogP contribution in [0.15, 0.2) is 34.5 Å². The van der Waals surface area contributed by atoms with E-state index < -0.39 is 11.3 Å². The molecule has 1 fully saturated rings. The van der Waals surface area contributed by atoms with Crippen molar-refractivity contribution in [1.82, 2.24) is 0 Å². The second-order valence-electron chi connectivity index (χ2n) is 10.00. The molecule has 4 N–H and O–H groups in total. The lowest BCUT2D eigenvalue weighted by molar-refractivity contribution is -0.118. The molecule has 160 valence electrons. The lowest BCUT2D eigenvalue weighted by Crippen LogP contribution is -2.34. The molecule has 30 heavy (non-hydrogen) atoms. The van der Waals surface area contributed by atoms with Crippen molar-refractivity contribution in [3.05, 3.63) is 40.6 Å². The highest BCUT2D eigenvalue weighted by Crippen LogP contribution is 2.47. The van der Waals surface area contributed by atoms with Gasteiger partial charge in [-0.25, -0.2) is 0 Å². The Morgan fingerprint density at radius 2 is 1.87 bits per heavy atom. The SMILES string of the molecule is CC1(C)CC(=O)C2=C(C1)N=CC2(C)c1ccc(C(N)=O)c(NC2CCC(O)CC2)c1. The Labute approximate surface area is 177 Å². The number of aliphatic hydroxyl groups excluding tert-OH is 1. The summed E-state index contributed by atoms with van der Waals surface area (Å²) in [6.45, 7) is 6.23. The van der Waals surface area contributed by atoms with E-state index in [1.54, 1.807) is 6.07 Å². The molecule has 6 nitrogen and oxygen atoms in total. The van der Waals surface area contributed by atoms with Gasteiger partial charge in [0.1, 0.15) is 0 Å². The molecule has 3 aliphatic rings. The highest BCUT2D eigenvalue weighted by Gasteiger charge is 2.45. The maximum atomic E-state index is 13.0. The number of aliphatic hydroxyl groups is 1. The van der Waals surface area contributed by atoms with Gasteiger partial charge in [-0.2, -0.15) is 0 Å². The summed E-state index contributed by atoms with van der Waals surface area (Å²) in [5.74, 6) is -0.337. The first-order valence-corrected chi connectivity index (χ1v) is 10.8. The Morgan fingerprint density at radius 1 is 1.17 bits per heavy atom. The van der Waals surface area contributed by atoms with Crippen molar-refractivity contribution < 1.29 is 14.7 Å². The van der Waals surface area contributed by atoms with Gasteiger partial charge in [-0.3, -0.25) is 14.6 Å². The van der Waals surface area contributed by atoms with Gasteiger partial charge in [0.2, 0.25) is 0 Å². The summed E-state index contributed by atoms with van der Waals surface area (Å²) in [6.07, 6.45) is 6.09. The largest absolute Gasteiger partial charge is 0.393 e. The molecule has 2 aliphatic carbocycles. The van der Waals surface area contributed by atoms with Crippen LogP contribution in [0.5, 0.6) is 0 Å². The van der Waals surface area contributed by atoms with Crippen LogP contribution >= 0.6 is 0 Å². The normalized spacial score (nSPS) is 30.3. The summed E-state index contributed by atoms with van der Waals surface area (Å²) in [7, 11) is 0. The lowest BCUT2D eigenvalue weighted by atomic mass is 9.68. The minimum absolute atomic E-state index is 0.0768. The number of primary amides is 1. The molecule has 1 atom stereocenters. The molecule has 0 spiro atoms. The van der Waals surface area contributed by atoms with E-state index >= 15 is 0 Å². The first-order chi connectivity index (χ1) is 14.1. The Morgan fingerprint density at radius 3 is 2.53 bits per heavy atom. The number of amides is 1. The fourth-order valence-corrected chi connectivity index (χ4v) is 5.12. The zero-order valence-electron chi connectivity index (χ0n) is 18.0. The number of hydrogen-bond donors (Lipinski definition) is 3. The molecule has 1 amide bonds. The number of nitrogens with one attached hydrogen (secondary N) is 1. The van der Waals surface area contributed by atoms with Gasteiger partial charge in [0.25, 0.3) is 5.91 Å². The van der Waals surface area contributed by atoms with E-state index in [4.69, 9.17) is 5.73 Å². The number of rotatable bonds is 4. The van der Waals surface area contributed by atoms with Crippen molar-refractivity contribution in [2.45, 2.75) is 76.9 Å². The topological polar surface area (TPSA) is 105 Å². The summed E-state index contributed by atoms with van der Waals surface area (Å²) in [6, 6.07) is 5.75. The molecule has 1 heterocycles. The number of aliphatic imine (C=N–C) groups is 1. The highest BCUT2D eigenvalue weighted by atomic mass is 16.3. The summed E-state index contributed by atoms with van der Waals surface area (Å²) >= 11 is 0. The van der Waals surface area contributed by atoms with Gasteiger partial charge >= 0.3 is 0 Å². The van der Waals surface area contributed by atoms with Crippen molar-refractivity contribution in [2.24, 2.45) is 16.1 Å². The van der Waals surface area contributed by atoms with Crippen molar-refractivity contribution in [2.75, 3.05) is 5.32 Å². The van der Waals surface area contributed by atoms with Gasteiger partial charge in [0, 0.05) is 35.6 Å². The van der Waals surface area contributed by atoms with Crippen molar-refractivity contribution >= 4 is 23.6 Å². The number of nitrogens with zero attached hydrogens (tertiary/aromatic N) is 1. The van der Waals surface area contributed by atoms with Gasteiger partial charge in [-0.1, -0.05) is 19.9 Å². The first-order valence-electron chi connectivity index (χ1n) is 10.8. The summed E-state index contributed by atoms with van der Waals surface area (Å²) in [4.78, 5) is 29.7. The first kappa shape index (κ1) is 20.8. The average Bonchev–Trinajstić information content (AvgIpc) is 3.00. The Balaban J connectivity index is 1.70. The van der Waals surface area contributed by atoms with Gasteiger partial charge < -0.3 is 16.2 Å². The number of Topliss-reactive ketones (excluding diaryl/α,β-unsaturated/α-hetero) is 1. The number of nitrogens with two attached hydrogens (primary N) is 1. The lowest BCUT2D eigenvalue weighted by Gasteiger charge is -2.34. The van der Waals surface area contributed by atoms with Crippen LogP contribution in [0.4, 0.5) is 5.69 Å². The fourth-order valence-electron chi connectivity index (χ4n) is 5.12. The maximum Gasteiger partial charge on any atom is 0.250 e. The molecule has 6 heteroatoms. The molecule has 1 aromatic carbocycles. The molecular weight excluding hydrogens is 378 g/mol. The third kappa shape index (κ3) is 3.69. The number of ketones is 1. The number of benzene rings is 1. The van der Waals surface area contributed by atoms with Gasteiger partial charge in [-0.15, -0.1) is 0 Å². The number of allylic oxidation sites excluding steroid dienone is 2. The third-order valence-corrected chi connectivity index (χ3v) is 6.79. The number of carbonyl (C=O) groups excluding carboxylic acids is 2. The van der Waals surface area contributed by atoms with Crippen LogP contribution in [0.1, 0.15) is 75.2 Å². The average molecular weight is 410 g/mol. The summed E-state index contributed by atoms with van der Waals surface area (Å²) in [5, 5.41) is 13.2. The van der Waals surface area contributed by atoms with Gasteiger partial charge in [0.05, 0.1) is 17.1 Å². The molecule has 0 aromatic heterocycles. The van der Waals surface area contributed by atoms with E-state index in [-0.39, 0.29) is 23.3 Å². The predicted octanol–water partition coefficient (Wildman–Crippen LogP) is 3.49. The summed E-state index contributed by atoms with van der Waals surface area (Å²) in [5.41, 5.74) is 8.65. The molecule has 1 saturated carbocycles. The van der Waals surface area contributed by atoms with Crippen LogP contribution in [0, 0.1) is 5.41 Å². The monoisotopic (exact) mass is 409 g/mol. The van der Waals surface area contributed by atoms with Crippen LogP contribution in [0.25, 0.3) is 0 Å². The van der Waals surface area contributed by atoms with Crippen molar-refractivity contribution in [3.8, 4) is 0 Å². The van der Waals surface area contributed by atoms with E-state index in [1.165, 1.54) is 0 Å². The zero-order valence-corrected chi connectivity index (χ0v) is 18.0. The van der Waals surface area contributed by atoms with E-state index in [0.717, 1.165) is 48.9 Å². The van der Waals surface area contributed by atoms with Crippen molar-refractivity contribution in [3.63, 3.8) is 0 Å². The number of hydrogen-bond acceptors (Lipinski definition) is 5. The fraction of sp³-hybridized carbons (Fsp3) is 0.542. The highest BCUT2D eigenvalue weighted by molar-refractivity contribution is 6.07. The number of anilines is 1. The minimum Gasteiger partial charge on any atom is -0.393 e. The van der Waals surface area contributed by atoms with E-state index in [2.05, 4.69) is 24.2 Å². The number of carbonyl (C=O) groups is 2. The predicted molar refractivity (Wildman–Crippen MR) is 118 cm³/mol. The second-order valence-corrected chi connectivity index (χ2v) is 10.00. The van der Waals surface area contributed by atoms with E-state index in [0.29, 0.717) is 17.7 Å². The third-order valence-electron chi connectivity index (χ3n) is 6.79. The quantitative estimate of drug-likeness (QED) is 0.708. The Kier molecular flexibility index (Phi) is 5.09. The van der Waals surface area contributed by atoms with Crippen LogP contribution in [0.3, 0.4) is 0 Å². The Bertz CT molecular complexity index is 954. The zero-order chi connectivity index (χ0) is 21.7. The minimum atomic E-state index is -0.613. The molecular formula is C24H31N3O3. The molecule has 1 unspecified atom stereocenters. The van der Waals surface area contributed by atoms with E-state index in [9.17, 15) is 14.7 Å². The maximum absolute atomic E-state index is 13.0. The van der Waals surface area contributed by atoms with Crippen molar-refractivity contribution in [1.29, 1.82) is 0 Å². The smallest absolute Gasteiger partial charge is 0.250 e. The van der Waals surface area contributed by atoms with Crippen LogP contribution in [-0.2, 0) is 10.2 Å². The van der Waals surface area contributed by atoms with Crippen LogP contribution < -0.4 is 11.1 Å². The molecule has 4 rings (SSSR count). The van der Waals surface area contributed by atoms with Gasteiger partial charge in [0.15, 0.2) is 5.78 Å². The molecule has 1 aliphatic heterocycles. The second kappa shape index (κ2) is 7.34. The molecule has 0 saturated heterocycles.